The van der Waals surface area contributed by atoms with Crippen LogP contribution in [0, 0.1) is 11.3 Å². The highest BCUT2D eigenvalue weighted by Crippen LogP contribution is 2.28. The van der Waals surface area contributed by atoms with Gasteiger partial charge in [-0.1, -0.05) is 30.7 Å². The summed E-state index contributed by atoms with van der Waals surface area (Å²) in [5.74, 6) is -0.452. The first-order valence-corrected chi connectivity index (χ1v) is 10.4. The molecule has 0 saturated carbocycles. The Kier molecular flexibility index (Phi) is 5.61. The van der Waals surface area contributed by atoms with Gasteiger partial charge in [-0.15, -0.1) is 0 Å². The normalized spacial score (nSPS) is 19.5. The zero-order chi connectivity index (χ0) is 19.5. The van der Waals surface area contributed by atoms with Crippen LogP contribution in [0.2, 0.25) is 0 Å². The smallest absolute Gasteiger partial charge is 0.249 e. The van der Waals surface area contributed by atoms with Crippen LogP contribution < -0.4 is 5.73 Å². The topological polar surface area (TPSA) is 73.4 Å². The fourth-order valence-corrected chi connectivity index (χ4v) is 4.89. The van der Waals surface area contributed by atoms with E-state index in [2.05, 4.69) is 15.9 Å². The van der Waals surface area contributed by atoms with Gasteiger partial charge < -0.3 is 10.6 Å². The lowest BCUT2D eigenvalue weighted by molar-refractivity contribution is 0.0890. The zero-order valence-corrected chi connectivity index (χ0v) is 16.4. The van der Waals surface area contributed by atoms with Crippen LogP contribution in [0.15, 0.2) is 30.3 Å². The number of nitrogens with two attached hydrogens (primary N) is 1. The Morgan fingerprint density at radius 2 is 1.82 bits per heavy atom. The minimum Gasteiger partial charge on any atom is -0.366 e. The molecule has 2 aliphatic heterocycles. The third kappa shape index (κ3) is 3.76. The van der Waals surface area contributed by atoms with Crippen molar-refractivity contribution in [2.45, 2.75) is 44.7 Å². The molecular weight excluding hydrogens is 348 g/mol. The Balaban J connectivity index is 1.56. The van der Waals surface area contributed by atoms with Crippen LogP contribution in [0.5, 0.6) is 0 Å². The number of carbonyl (C=O) groups is 1. The fourth-order valence-electron chi connectivity index (χ4n) is 4.89. The minimum atomic E-state index is -0.452. The fraction of sp³-hybridized carbons (Fsp3) is 0.478. The molecule has 5 heteroatoms. The molecule has 0 atom stereocenters. The van der Waals surface area contributed by atoms with Crippen LogP contribution >= 0.6 is 0 Å². The summed E-state index contributed by atoms with van der Waals surface area (Å²) in [4.78, 5) is 17.3. The highest BCUT2D eigenvalue weighted by Gasteiger charge is 2.27. The van der Waals surface area contributed by atoms with E-state index >= 15 is 0 Å². The summed E-state index contributed by atoms with van der Waals surface area (Å²) in [6, 6.07) is 12.5. The van der Waals surface area contributed by atoms with E-state index in [1.165, 1.54) is 32.4 Å². The molecule has 146 valence electrons. The van der Waals surface area contributed by atoms with Gasteiger partial charge in [-0.25, -0.2) is 0 Å². The van der Waals surface area contributed by atoms with Crippen LogP contribution in [-0.2, 0) is 6.54 Å². The third-order valence-corrected chi connectivity index (χ3v) is 6.37. The number of primary amides is 1. The number of piperidine rings is 2. The molecular formula is C23H28N4O. The molecule has 2 heterocycles. The van der Waals surface area contributed by atoms with Crippen molar-refractivity contribution >= 4 is 16.7 Å². The molecule has 0 unspecified atom stereocenters. The Bertz CT molecular complexity index is 903. The molecule has 28 heavy (non-hydrogen) atoms. The first-order valence-electron chi connectivity index (χ1n) is 10.4. The Morgan fingerprint density at radius 1 is 1.11 bits per heavy atom. The van der Waals surface area contributed by atoms with Crippen molar-refractivity contribution in [2.24, 2.45) is 5.73 Å². The quantitative estimate of drug-likeness (QED) is 0.889. The van der Waals surface area contributed by atoms with E-state index in [9.17, 15) is 10.1 Å². The van der Waals surface area contributed by atoms with Crippen LogP contribution in [0.3, 0.4) is 0 Å². The Morgan fingerprint density at radius 3 is 2.50 bits per heavy atom. The maximum atomic E-state index is 12.3. The van der Waals surface area contributed by atoms with Gasteiger partial charge in [-0.2, -0.15) is 5.26 Å². The van der Waals surface area contributed by atoms with E-state index in [1.807, 2.05) is 30.3 Å². The molecule has 2 N–H and O–H groups in total. The molecule has 4 rings (SSSR count). The molecule has 2 aliphatic rings. The van der Waals surface area contributed by atoms with Gasteiger partial charge >= 0.3 is 0 Å². The number of hydrogen-bond acceptors (Lipinski definition) is 4. The lowest BCUT2D eigenvalue weighted by Crippen LogP contribution is -2.46. The molecule has 5 nitrogen and oxygen atoms in total. The average Bonchev–Trinajstić information content (AvgIpc) is 2.74. The maximum absolute atomic E-state index is 12.3. The monoisotopic (exact) mass is 376 g/mol. The summed E-state index contributed by atoms with van der Waals surface area (Å²) in [6.45, 7) is 5.08. The van der Waals surface area contributed by atoms with E-state index < -0.39 is 5.91 Å². The molecule has 2 fully saturated rings. The number of amides is 1. The van der Waals surface area contributed by atoms with Crippen molar-refractivity contribution in [2.75, 3.05) is 26.2 Å². The van der Waals surface area contributed by atoms with Gasteiger partial charge in [0.2, 0.25) is 5.91 Å². The summed E-state index contributed by atoms with van der Waals surface area (Å²) in [5.41, 5.74) is 7.61. The molecule has 0 radical (unpaired) electrons. The lowest BCUT2D eigenvalue weighted by Gasteiger charge is -2.40. The number of nitriles is 1. The van der Waals surface area contributed by atoms with Crippen molar-refractivity contribution in [1.29, 1.82) is 5.26 Å². The van der Waals surface area contributed by atoms with Crippen molar-refractivity contribution in [3.8, 4) is 6.07 Å². The molecule has 2 aromatic rings. The van der Waals surface area contributed by atoms with Gasteiger partial charge in [0.15, 0.2) is 0 Å². The van der Waals surface area contributed by atoms with E-state index in [-0.39, 0.29) is 0 Å². The summed E-state index contributed by atoms with van der Waals surface area (Å²) in [5, 5.41) is 11.4. The van der Waals surface area contributed by atoms with E-state index in [1.54, 1.807) is 0 Å². The second-order valence-corrected chi connectivity index (χ2v) is 8.08. The molecule has 0 aliphatic carbocycles. The van der Waals surface area contributed by atoms with Crippen molar-refractivity contribution in [3.05, 3.63) is 47.0 Å². The number of likely N-dealkylation sites (tertiary alicyclic amines) is 2. The second kappa shape index (κ2) is 8.30. The first-order chi connectivity index (χ1) is 13.7. The summed E-state index contributed by atoms with van der Waals surface area (Å²) in [6.07, 6.45) is 6.32. The number of fused-ring (bicyclic) bond motifs is 1. The van der Waals surface area contributed by atoms with Gasteiger partial charge in [0.1, 0.15) is 0 Å². The molecule has 0 aromatic heterocycles. The van der Waals surface area contributed by atoms with Gasteiger partial charge in [0.05, 0.1) is 17.2 Å². The zero-order valence-electron chi connectivity index (χ0n) is 16.4. The van der Waals surface area contributed by atoms with Crippen LogP contribution in [0.4, 0.5) is 0 Å². The van der Waals surface area contributed by atoms with Gasteiger partial charge in [0, 0.05) is 12.6 Å². The predicted octanol–water partition coefficient (Wildman–Crippen LogP) is 3.26. The lowest BCUT2D eigenvalue weighted by atomic mass is 9.92. The van der Waals surface area contributed by atoms with E-state index in [0.717, 1.165) is 42.3 Å². The number of carbonyl (C=O) groups excluding carboxylic acids is 1. The van der Waals surface area contributed by atoms with Crippen molar-refractivity contribution in [1.82, 2.24) is 9.80 Å². The van der Waals surface area contributed by atoms with Crippen LogP contribution in [-0.4, -0.2) is 47.9 Å². The van der Waals surface area contributed by atoms with E-state index in [4.69, 9.17) is 5.73 Å². The van der Waals surface area contributed by atoms with Crippen LogP contribution in [0.1, 0.15) is 53.6 Å². The number of nitrogens with zero attached hydrogens (tertiary/aromatic N) is 3. The molecule has 2 saturated heterocycles. The maximum Gasteiger partial charge on any atom is 0.249 e. The van der Waals surface area contributed by atoms with E-state index in [0.29, 0.717) is 23.7 Å². The predicted molar refractivity (Wildman–Crippen MR) is 111 cm³/mol. The SMILES string of the molecule is N#Cc1cc2ccccc2c(C(N)=O)c1CN1CCC(N2CCCCC2)CC1. The second-order valence-electron chi connectivity index (χ2n) is 8.08. The minimum absolute atomic E-state index is 0.452. The largest absolute Gasteiger partial charge is 0.366 e. The number of hydrogen-bond donors (Lipinski definition) is 1. The van der Waals surface area contributed by atoms with Gasteiger partial charge in [-0.05, 0) is 74.3 Å². The molecule has 0 bridgehead atoms. The number of benzene rings is 2. The highest BCUT2D eigenvalue weighted by atomic mass is 16.1. The average molecular weight is 377 g/mol. The van der Waals surface area contributed by atoms with Crippen molar-refractivity contribution in [3.63, 3.8) is 0 Å². The Hall–Kier alpha value is -2.42. The summed E-state index contributed by atoms with van der Waals surface area (Å²) >= 11 is 0. The van der Waals surface area contributed by atoms with Crippen molar-refractivity contribution < 1.29 is 4.79 Å². The van der Waals surface area contributed by atoms with Gasteiger partial charge in [0.25, 0.3) is 0 Å². The first kappa shape index (κ1) is 18.9. The molecule has 0 spiro atoms. The molecule has 2 aromatic carbocycles. The van der Waals surface area contributed by atoms with Gasteiger partial charge in [-0.3, -0.25) is 9.69 Å². The Labute approximate surface area is 166 Å². The molecule has 1 amide bonds. The summed E-state index contributed by atoms with van der Waals surface area (Å²) in [7, 11) is 0. The summed E-state index contributed by atoms with van der Waals surface area (Å²) < 4.78 is 0. The standard InChI is InChI=1S/C23H28N4O/c24-15-18-14-17-6-2-3-7-20(17)22(23(25)28)21(18)16-26-12-8-19(9-13-26)27-10-4-1-5-11-27/h2-3,6-7,14,19H,1,4-5,8-13,16H2,(H2,25,28). The third-order valence-electron chi connectivity index (χ3n) is 6.37. The highest BCUT2D eigenvalue weighted by molar-refractivity contribution is 6.08. The number of rotatable bonds is 4. The van der Waals surface area contributed by atoms with Crippen LogP contribution in [0.25, 0.3) is 10.8 Å².